The van der Waals surface area contributed by atoms with Crippen molar-refractivity contribution < 1.29 is 17.8 Å². The number of carbonyl (C=O) groups is 1. The fourth-order valence-electron chi connectivity index (χ4n) is 2.44. The first-order chi connectivity index (χ1) is 10.5. The van der Waals surface area contributed by atoms with Gasteiger partial charge in [-0.1, -0.05) is 54.6 Å². The van der Waals surface area contributed by atoms with Gasteiger partial charge in [0.15, 0.2) is 5.78 Å². The van der Waals surface area contributed by atoms with Crippen LogP contribution in [0.25, 0.3) is 10.8 Å². The van der Waals surface area contributed by atoms with Crippen LogP contribution >= 0.6 is 0 Å². The molecule has 0 aliphatic carbocycles. The van der Waals surface area contributed by atoms with Crippen LogP contribution in [0.2, 0.25) is 0 Å². The second-order valence-electron chi connectivity index (χ2n) is 4.83. The molecule has 5 heteroatoms. The van der Waals surface area contributed by atoms with E-state index >= 15 is 0 Å². The molecule has 0 bridgehead atoms. The lowest BCUT2D eigenvalue weighted by atomic mass is 9.97. The third-order valence-electron chi connectivity index (χ3n) is 3.44. The van der Waals surface area contributed by atoms with Crippen molar-refractivity contribution in [3.63, 3.8) is 0 Å². The summed E-state index contributed by atoms with van der Waals surface area (Å²) in [7, 11) is -4.35. The molecule has 0 spiro atoms. The number of benzene rings is 3. The molecule has 0 amide bonds. The molecule has 0 saturated carbocycles. The molecule has 0 radical (unpaired) electrons. The summed E-state index contributed by atoms with van der Waals surface area (Å²) < 4.78 is 32.3. The Balaban J connectivity index is 2.28. The Morgan fingerprint density at radius 1 is 0.773 bits per heavy atom. The second kappa shape index (κ2) is 5.36. The first-order valence-corrected chi connectivity index (χ1v) is 8.01. The molecular formula is C17H12O4S. The molecule has 3 rings (SSSR count). The lowest BCUT2D eigenvalue weighted by molar-refractivity contribution is 0.104. The van der Waals surface area contributed by atoms with E-state index in [1.807, 2.05) is 6.07 Å². The molecule has 0 aromatic heterocycles. The van der Waals surface area contributed by atoms with Gasteiger partial charge in [-0.25, -0.2) is 0 Å². The number of hydrogen-bond donors (Lipinski definition) is 1. The van der Waals surface area contributed by atoms with E-state index < -0.39 is 10.1 Å². The average molecular weight is 312 g/mol. The first-order valence-electron chi connectivity index (χ1n) is 6.57. The molecule has 0 fully saturated rings. The summed E-state index contributed by atoms with van der Waals surface area (Å²) in [5, 5.41) is 0.818. The standard InChI is InChI=1S/C17H12O4S/c18-17(12-6-2-1-3-7-12)15-10-11-16(22(19,20)21)14-9-5-4-8-13(14)15/h1-11H,(H,19,20,21). The normalized spacial score (nSPS) is 11.5. The van der Waals surface area contributed by atoms with Crippen LogP contribution in [0.1, 0.15) is 15.9 Å². The van der Waals surface area contributed by atoms with Gasteiger partial charge in [0.1, 0.15) is 4.90 Å². The molecule has 0 atom stereocenters. The van der Waals surface area contributed by atoms with E-state index in [1.165, 1.54) is 12.1 Å². The molecule has 3 aromatic carbocycles. The summed E-state index contributed by atoms with van der Waals surface area (Å²) in [4.78, 5) is 12.4. The summed E-state index contributed by atoms with van der Waals surface area (Å²) in [5.74, 6) is -0.196. The number of hydrogen-bond acceptors (Lipinski definition) is 3. The van der Waals surface area contributed by atoms with Crippen LogP contribution in [0, 0.1) is 0 Å². The van der Waals surface area contributed by atoms with Crippen LogP contribution in [-0.2, 0) is 10.1 Å². The van der Waals surface area contributed by atoms with Gasteiger partial charge in [0, 0.05) is 16.5 Å². The van der Waals surface area contributed by atoms with Gasteiger partial charge in [0.2, 0.25) is 0 Å². The predicted molar refractivity (Wildman–Crippen MR) is 83.6 cm³/mol. The van der Waals surface area contributed by atoms with Crippen LogP contribution in [-0.4, -0.2) is 18.8 Å². The van der Waals surface area contributed by atoms with Gasteiger partial charge < -0.3 is 0 Å². The maximum atomic E-state index is 12.6. The smallest absolute Gasteiger partial charge is 0.289 e. The molecule has 0 unspecified atom stereocenters. The first kappa shape index (κ1) is 14.4. The van der Waals surface area contributed by atoms with E-state index in [0.717, 1.165) is 0 Å². The molecule has 0 aliphatic heterocycles. The van der Waals surface area contributed by atoms with E-state index in [9.17, 15) is 17.8 Å². The quantitative estimate of drug-likeness (QED) is 0.595. The van der Waals surface area contributed by atoms with Crippen LogP contribution < -0.4 is 0 Å². The van der Waals surface area contributed by atoms with Crippen molar-refractivity contribution in [1.29, 1.82) is 0 Å². The minimum atomic E-state index is -4.35. The highest BCUT2D eigenvalue weighted by Crippen LogP contribution is 2.27. The second-order valence-corrected chi connectivity index (χ2v) is 6.22. The Bertz CT molecular complexity index is 960. The van der Waals surface area contributed by atoms with E-state index in [-0.39, 0.29) is 10.7 Å². The molecule has 0 saturated heterocycles. The van der Waals surface area contributed by atoms with Crippen molar-refractivity contribution in [2.24, 2.45) is 0 Å². The van der Waals surface area contributed by atoms with Crippen molar-refractivity contribution in [3.8, 4) is 0 Å². The van der Waals surface area contributed by atoms with Crippen LogP contribution in [0.15, 0.2) is 71.6 Å². The summed E-state index contributed by atoms with van der Waals surface area (Å²) in [5.41, 5.74) is 0.918. The topological polar surface area (TPSA) is 71.4 Å². The van der Waals surface area contributed by atoms with Gasteiger partial charge in [-0.3, -0.25) is 9.35 Å². The van der Waals surface area contributed by atoms with Gasteiger partial charge in [-0.2, -0.15) is 8.42 Å². The Morgan fingerprint density at radius 3 is 2.00 bits per heavy atom. The summed E-state index contributed by atoms with van der Waals surface area (Å²) in [6.07, 6.45) is 0. The zero-order chi connectivity index (χ0) is 15.7. The highest BCUT2D eigenvalue weighted by atomic mass is 32.2. The molecule has 4 nitrogen and oxygen atoms in total. The maximum Gasteiger partial charge on any atom is 0.295 e. The molecule has 0 aliphatic rings. The fraction of sp³-hybridized carbons (Fsp3) is 0. The van der Waals surface area contributed by atoms with Crippen molar-refractivity contribution in [3.05, 3.63) is 77.9 Å². The predicted octanol–water partition coefficient (Wildman–Crippen LogP) is 3.32. The Labute approximate surface area is 127 Å². The number of fused-ring (bicyclic) bond motifs is 1. The lowest BCUT2D eigenvalue weighted by Crippen LogP contribution is -2.05. The van der Waals surface area contributed by atoms with Gasteiger partial charge in [0.25, 0.3) is 10.1 Å². The van der Waals surface area contributed by atoms with Crippen LogP contribution in [0.5, 0.6) is 0 Å². The van der Waals surface area contributed by atoms with Gasteiger partial charge in [-0.15, -0.1) is 0 Å². The summed E-state index contributed by atoms with van der Waals surface area (Å²) >= 11 is 0. The average Bonchev–Trinajstić information content (AvgIpc) is 2.53. The number of ketones is 1. The zero-order valence-electron chi connectivity index (χ0n) is 11.4. The van der Waals surface area contributed by atoms with Crippen LogP contribution in [0.3, 0.4) is 0 Å². The van der Waals surface area contributed by atoms with E-state index in [1.54, 1.807) is 48.5 Å². The molecular weight excluding hydrogens is 300 g/mol. The monoisotopic (exact) mass is 312 g/mol. The Kier molecular flexibility index (Phi) is 3.52. The molecule has 22 heavy (non-hydrogen) atoms. The third-order valence-corrected chi connectivity index (χ3v) is 4.35. The number of carbonyl (C=O) groups excluding carboxylic acids is 1. The third kappa shape index (κ3) is 2.52. The van der Waals surface area contributed by atoms with E-state index in [2.05, 4.69) is 0 Å². The van der Waals surface area contributed by atoms with E-state index in [4.69, 9.17) is 0 Å². The van der Waals surface area contributed by atoms with Crippen LogP contribution in [0.4, 0.5) is 0 Å². The Hall–Kier alpha value is -2.50. The largest absolute Gasteiger partial charge is 0.295 e. The molecule has 0 heterocycles. The molecule has 1 N–H and O–H groups in total. The van der Waals surface area contributed by atoms with Crippen molar-refractivity contribution in [1.82, 2.24) is 0 Å². The number of rotatable bonds is 3. The Morgan fingerprint density at radius 2 is 1.36 bits per heavy atom. The highest BCUT2D eigenvalue weighted by molar-refractivity contribution is 7.86. The summed E-state index contributed by atoms with van der Waals surface area (Å²) in [6, 6.07) is 18.1. The summed E-state index contributed by atoms with van der Waals surface area (Å²) in [6.45, 7) is 0. The fourth-order valence-corrected chi connectivity index (χ4v) is 3.14. The van der Waals surface area contributed by atoms with E-state index in [0.29, 0.717) is 21.9 Å². The maximum absolute atomic E-state index is 12.6. The van der Waals surface area contributed by atoms with Crippen molar-refractivity contribution in [2.75, 3.05) is 0 Å². The minimum Gasteiger partial charge on any atom is -0.289 e. The molecule has 3 aromatic rings. The SMILES string of the molecule is O=C(c1ccccc1)c1ccc(S(=O)(=O)O)c2ccccc12. The molecule has 110 valence electrons. The van der Waals surface area contributed by atoms with Gasteiger partial charge in [0.05, 0.1) is 0 Å². The van der Waals surface area contributed by atoms with Crippen molar-refractivity contribution >= 4 is 26.7 Å². The zero-order valence-corrected chi connectivity index (χ0v) is 12.2. The van der Waals surface area contributed by atoms with Gasteiger partial charge in [-0.05, 0) is 17.5 Å². The highest BCUT2D eigenvalue weighted by Gasteiger charge is 2.18. The van der Waals surface area contributed by atoms with Crippen molar-refractivity contribution in [2.45, 2.75) is 4.90 Å². The minimum absolute atomic E-state index is 0.196. The lowest BCUT2D eigenvalue weighted by Gasteiger charge is -2.09. The van der Waals surface area contributed by atoms with Gasteiger partial charge >= 0.3 is 0 Å².